The highest BCUT2D eigenvalue weighted by Crippen LogP contribution is 2.27. The number of hydrogen-bond donors (Lipinski definition) is 2. The third-order valence-electron chi connectivity index (χ3n) is 2.00. The van der Waals surface area contributed by atoms with Gasteiger partial charge in [0.1, 0.15) is 0 Å². The summed E-state index contributed by atoms with van der Waals surface area (Å²) in [5.74, 6) is 0.0209. The molecule has 0 bridgehead atoms. The van der Waals surface area contributed by atoms with Crippen molar-refractivity contribution in [2.45, 2.75) is 13.8 Å². The van der Waals surface area contributed by atoms with Crippen molar-refractivity contribution in [1.82, 2.24) is 5.32 Å². The molecule has 15 heavy (non-hydrogen) atoms. The zero-order valence-electron chi connectivity index (χ0n) is 8.71. The van der Waals surface area contributed by atoms with Crippen LogP contribution >= 0.6 is 27.3 Å². The Morgan fingerprint density at radius 1 is 1.73 bits per heavy atom. The van der Waals surface area contributed by atoms with Crippen LogP contribution in [-0.2, 0) is 0 Å². The maximum absolute atomic E-state index is 11.6. The van der Waals surface area contributed by atoms with Gasteiger partial charge in [-0.3, -0.25) is 4.79 Å². The summed E-state index contributed by atoms with van der Waals surface area (Å²) in [5.41, 5.74) is 1.07. The molecule has 2 N–H and O–H groups in total. The van der Waals surface area contributed by atoms with Crippen LogP contribution in [0.25, 0.3) is 0 Å². The van der Waals surface area contributed by atoms with E-state index in [1.807, 2.05) is 19.9 Å². The van der Waals surface area contributed by atoms with Crippen molar-refractivity contribution in [3.63, 3.8) is 0 Å². The van der Waals surface area contributed by atoms with E-state index < -0.39 is 0 Å². The van der Waals surface area contributed by atoms with Gasteiger partial charge in [-0.2, -0.15) is 0 Å². The van der Waals surface area contributed by atoms with Crippen molar-refractivity contribution in [3.05, 3.63) is 20.3 Å². The van der Waals surface area contributed by atoms with Crippen LogP contribution in [0.4, 0.5) is 0 Å². The minimum atomic E-state index is -0.0749. The summed E-state index contributed by atoms with van der Waals surface area (Å²) in [6.45, 7) is 4.43. The first-order valence-electron chi connectivity index (χ1n) is 4.69. The minimum Gasteiger partial charge on any atom is -0.396 e. The molecule has 84 valence electrons. The van der Waals surface area contributed by atoms with Gasteiger partial charge in [-0.05, 0) is 40.4 Å². The Morgan fingerprint density at radius 3 is 2.87 bits per heavy atom. The quantitative estimate of drug-likeness (QED) is 0.893. The number of aryl methyl sites for hydroxylation is 1. The Bertz CT molecular complexity index is 332. The number of hydrogen-bond acceptors (Lipinski definition) is 3. The predicted molar refractivity (Wildman–Crippen MR) is 65.3 cm³/mol. The molecule has 1 atom stereocenters. The zero-order valence-corrected chi connectivity index (χ0v) is 11.1. The van der Waals surface area contributed by atoms with Gasteiger partial charge in [-0.25, -0.2) is 0 Å². The molecular formula is C10H14BrNO2S. The van der Waals surface area contributed by atoms with Crippen molar-refractivity contribution in [1.29, 1.82) is 0 Å². The fourth-order valence-corrected chi connectivity index (χ4v) is 2.44. The smallest absolute Gasteiger partial charge is 0.261 e. The number of aliphatic hydroxyl groups is 1. The molecule has 0 aromatic carbocycles. The van der Waals surface area contributed by atoms with Crippen molar-refractivity contribution < 1.29 is 9.90 Å². The van der Waals surface area contributed by atoms with E-state index in [9.17, 15) is 4.79 Å². The molecule has 3 nitrogen and oxygen atoms in total. The van der Waals surface area contributed by atoms with E-state index >= 15 is 0 Å². The standard InChI is InChI=1S/C10H14BrNO2S/c1-6(5-13)4-12-10(14)8-3-7(2)9(11)15-8/h3,6,13H,4-5H2,1-2H3,(H,12,14). The lowest BCUT2D eigenvalue weighted by atomic mass is 10.2. The van der Waals surface area contributed by atoms with E-state index in [0.717, 1.165) is 9.35 Å². The van der Waals surface area contributed by atoms with E-state index in [-0.39, 0.29) is 18.4 Å². The Morgan fingerprint density at radius 2 is 2.40 bits per heavy atom. The van der Waals surface area contributed by atoms with Crippen LogP contribution in [0.5, 0.6) is 0 Å². The first-order chi connectivity index (χ1) is 7.04. The second-order valence-corrected chi connectivity index (χ2v) is 5.94. The van der Waals surface area contributed by atoms with Gasteiger partial charge in [0, 0.05) is 13.2 Å². The van der Waals surface area contributed by atoms with E-state index in [2.05, 4.69) is 21.2 Å². The van der Waals surface area contributed by atoms with E-state index in [0.29, 0.717) is 11.4 Å². The fraction of sp³-hybridized carbons (Fsp3) is 0.500. The molecule has 0 aliphatic heterocycles. The number of amides is 1. The summed E-state index contributed by atoms with van der Waals surface area (Å²) in [4.78, 5) is 12.3. The Labute approximate surface area is 102 Å². The molecule has 5 heteroatoms. The highest BCUT2D eigenvalue weighted by molar-refractivity contribution is 9.11. The van der Waals surface area contributed by atoms with Crippen LogP contribution < -0.4 is 5.32 Å². The van der Waals surface area contributed by atoms with Gasteiger partial charge < -0.3 is 10.4 Å². The van der Waals surface area contributed by atoms with Crippen molar-refractivity contribution >= 4 is 33.2 Å². The first-order valence-corrected chi connectivity index (χ1v) is 6.30. The van der Waals surface area contributed by atoms with Crippen LogP contribution in [-0.4, -0.2) is 24.2 Å². The van der Waals surface area contributed by atoms with Gasteiger partial charge in [0.05, 0.1) is 8.66 Å². The van der Waals surface area contributed by atoms with E-state index in [1.54, 1.807) is 0 Å². The molecule has 0 radical (unpaired) electrons. The van der Waals surface area contributed by atoms with Gasteiger partial charge in [0.2, 0.25) is 0 Å². The molecule has 1 rings (SSSR count). The molecule has 1 aromatic rings. The maximum atomic E-state index is 11.6. The molecule has 1 heterocycles. The maximum Gasteiger partial charge on any atom is 0.261 e. The monoisotopic (exact) mass is 291 g/mol. The third-order valence-corrected chi connectivity index (χ3v) is 4.14. The molecule has 0 saturated heterocycles. The average Bonchev–Trinajstić information content (AvgIpc) is 2.55. The number of thiophene rings is 1. The molecule has 0 saturated carbocycles. The fourth-order valence-electron chi connectivity index (χ4n) is 0.990. The summed E-state index contributed by atoms with van der Waals surface area (Å²) in [6.07, 6.45) is 0. The molecule has 1 amide bonds. The predicted octanol–water partition coefficient (Wildman–Crippen LogP) is 2.18. The lowest BCUT2D eigenvalue weighted by molar-refractivity contribution is 0.0946. The van der Waals surface area contributed by atoms with Crippen LogP contribution in [0.3, 0.4) is 0 Å². The molecule has 1 aromatic heterocycles. The number of nitrogens with one attached hydrogen (secondary N) is 1. The van der Waals surface area contributed by atoms with Crippen LogP contribution in [0, 0.1) is 12.8 Å². The first kappa shape index (κ1) is 12.7. The van der Waals surface area contributed by atoms with Gasteiger partial charge in [-0.15, -0.1) is 11.3 Å². The van der Waals surface area contributed by atoms with Gasteiger partial charge >= 0.3 is 0 Å². The number of halogens is 1. The highest BCUT2D eigenvalue weighted by atomic mass is 79.9. The lowest BCUT2D eigenvalue weighted by Gasteiger charge is -2.08. The summed E-state index contributed by atoms with van der Waals surface area (Å²) >= 11 is 4.80. The molecule has 0 aliphatic carbocycles. The highest BCUT2D eigenvalue weighted by Gasteiger charge is 2.11. The molecule has 0 spiro atoms. The second kappa shape index (κ2) is 5.63. The number of carbonyl (C=O) groups is 1. The van der Waals surface area contributed by atoms with E-state index in [4.69, 9.17) is 5.11 Å². The Hall–Kier alpha value is -0.390. The normalized spacial score (nSPS) is 12.5. The van der Waals surface area contributed by atoms with E-state index in [1.165, 1.54) is 11.3 Å². The topological polar surface area (TPSA) is 49.3 Å². The zero-order chi connectivity index (χ0) is 11.4. The van der Waals surface area contributed by atoms with Gasteiger partial charge in [0.15, 0.2) is 0 Å². The largest absolute Gasteiger partial charge is 0.396 e. The molecule has 1 unspecified atom stereocenters. The molecule has 0 aliphatic rings. The van der Waals surface area contributed by atoms with Gasteiger partial charge in [0.25, 0.3) is 5.91 Å². The third kappa shape index (κ3) is 3.59. The van der Waals surface area contributed by atoms with Crippen molar-refractivity contribution in [2.75, 3.05) is 13.2 Å². The summed E-state index contributed by atoms with van der Waals surface area (Å²) in [6, 6.07) is 1.85. The van der Waals surface area contributed by atoms with Crippen LogP contribution in [0.1, 0.15) is 22.2 Å². The SMILES string of the molecule is Cc1cc(C(=O)NCC(C)CO)sc1Br. The summed E-state index contributed by atoms with van der Waals surface area (Å²) in [7, 11) is 0. The van der Waals surface area contributed by atoms with Crippen LogP contribution in [0.15, 0.2) is 9.85 Å². The lowest BCUT2D eigenvalue weighted by Crippen LogP contribution is -2.28. The number of rotatable bonds is 4. The molecular weight excluding hydrogens is 278 g/mol. The van der Waals surface area contributed by atoms with Crippen molar-refractivity contribution in [3.8, 4) is 0 Å². The number of carbonyl (C=O) groups excluding carboxylic acids is 1. The molecule has 0 fully saturated rings. The Kier molecular flexibility index (Phi) is 4.76. The number of aliphatic hydroxyl groups excluding tert-OH is 1. The summed E-state index contributed by atoms with van der Waals surface area (Å²) in [5, 5.41) is 11.6. The average molecular weight is 292 g/mol. The minimum absolute atomic E-state index is 0.0749. The van der Waals surface area contributed by atoms with Gasteiger partial charge in [-0.1, -0.05) is 6.92 Å². The second-order valence-electron chi connectivity index (χ2n) is 3.57. The summed E-state index contributed by atoms with van der Waals surface area (Å²) < 4.78 is 0.989. The van der Waals surface area contributed by atoms with Crippen molar-refractivity contribution in [2.24, 2.45) is 5.92 Å². The Balaban J connectivity index is 2.54. The van der Waals surface area contributed by atoms with Crippen LogP contribution in [0.2, 0.25) is 0 Å².